The number of aromatic nitrogens is 2. The topological polar surface area (TPSA) is 138 Å². The maximum absolute atomic E-state index is 13.9. The first-order valence-corrected chi connectivity index (χ1v) is 12.4. The highest BCUT2D eigenvalue weighted by molar-refractivity contribution is 6.16. The molecule has 2 unspecified atom stereocenters. The molecule has 1 fully saturated rings. The van der Waals surface area contributed by atoms with Gasteiger partial charge in [-0.25, -0.2) is 14.4 Å². The molecule has 0 radical (unpaired) electrons. The van der Waals surface area contributed by atoms with Crippen molar-refractivity contribution in [2.24, 2.45) is 0 Å². The number of fused-ring (bicyclic) bond motifs is 1. The lowest BCUT2D eigenvalue weighted by molar-refractivity contribution is 0.0646. The summed E-state index contributed by atoms with van der Waals surface area (Å²) in [7, 11) is 3.07. The molecule has 3 aromatic rings. The van der Waals surface area contributed by atoms with Gasteiger partial charge in [0.1, 0.15) is 29.9 Å². The van der Waals surface area contributed by atoms with Gasteiger partial charge in [0.25, 0.3) is 5.91 Å². The lowest BCUT2D eigenvalue weighted by Gasteiger charge is -2.42. The summed E-state index contributed by atoms with van der Waals surface area (Å²) in [5, 5.41) is 15.8. The number of nitrogens with zero attached hydrogens (tertiary/aromatic N) is 3. The minimum absolute atomic E-state index is 0.0762. The number of hydrogen-bond acceptors (Lipinski definition) is 9. The highest BCUT2D eigenvalue weighted by atomic mass is 19.1. The van der Waals surface area contributed by atoms with Crippen molar-refractivity contribution in [3.05, 3.63) is 65.2 Å². The van der Waals surface area contributed by atoms with Gasteiger partial charge in [0.15, 0.2) is 11.5 Å². The number of halogens is 1. The van der Waals surface area contributed by atoms with E-state index in [1.54, 1.807) is 36.3 Å². The Labute approximate surface area is 219 Å². The molecular weight excluding hydrogens is 489 g/mol. The van der Waals surface area contributed by atoms with E-state index in [0.717, 1.165) is 12.8 Å². The van der Waals surface area contributed by atoms with E-state index < -0.39 is 12.0 Å². The molecule has 5 N–H and O–H groups in total. The van der Waals surface area contributed by atoms with Crippen molar-refractivity contribution >= 4 is 28.9 Å². The molecule has 198 valence electrons. The second-order valence-corrected chi connectivity index (χ2v) is 9.31. The number of rotatable bonds is 9. The van der Waals surface area contributed by atoms with Crippen LogP contribution in [0.15, 0.2) is 42.7 Å². The van der Waals surface area contributed by atoms with Gasteiger partial charge < -0.3 is 30.7 Å². The average Bonchev–Trinajstić information content (AvgIpc) is 3.76. The number of nitrogens with two attached hydrogens (primary N) is 1. The minimum atomic E-state index is -0.451. The van der Waals surface area contributed by atoms with Crippen molar-refractivity contribution in [2.45, 2.75) is 44.4 Å². The van der Waals surface area contributed by atoms with Crippen molar-refractivity contribution in [3.8, 4) is 11.5 Å². The fraction of sp³-hybridized carbons (Fsp3) is 0.333. The summed E-state index contributed by atoms with van der Waals surface area (Å²) >= 11 is 0. The molecule has 2 aliphatic rings. The Balaban J connectivity index is 1.49. The van der Waals surface area contributed by atoms with Crippen LogP contribution in [0, 0.1) is 11.2 Å². The molecule has 2 aromatic carbocycles. The van der Waals surface area contributed by atoms with Crippen molar-refractivity contribution in [3.63, 3.8) is 0 Å². The Morgan fingerprint density at radius 1 is 1.21 bits per heavy atom. The van der Waals surface area contributed by atoms with Gasteiger partial charge in [-0.2, -0.15) is 0 Å². The molecule has 2 heterocycles. The molecule has 5 rings (SSSR count). The van der Waals surface area contributed by atoms with E-state index in [-0.39, 0.29) is 29.5 Å². The van der Waals surface area contributed by atoms with E-state index >= 15 is 0 Å². The number of nitrogen functional groups attached to an aromatic ring is 1. The fourth-order valence-corrected chi connectivity index (χ4v) is 4.82. The average molecular weight is 520 g/mol. The molecule has 38 heavy (non-hydrogen) atoms. The molecule has 1 aliphatic carbocycles. The van der Waals surface area contributed by atoms with E-state index in [1.807, 2.05) is 6.92 Å². The number of carbonyl (C=O) groups excluding carboxylic acids is 1. The van der Waals surface area contributed by atoms with Gasteiger partial charge >= 0.3 is 0 Å². The van der Waals surface area contributed by atoms with Crippen LogP contribution >= 0.6 is 0 Å². The van der Waals surface area contributed by atoms with Crippen LogP contribution in [-0.2, 0) is 0 Å². The Bertz CT molecular complexity index is 1400. The first-order valence-electron chi connectivity index (χ1n) is 12.4. The van der Waals surface area contributed by atoms with E-state index in [9.17, 15) is 9.18 Å². The summed E-state index contributed by atoms with van der Waals surface area (Å²) in [5.41, 5.74) is 8.15. The number of nitrogens with one attached hydrogen (secondary N) is 3. The predicted molar refractivity (Wildman–Crippen MR) is 143 cm³/mol. The molecule has 1 saturated carbocycles. The number of ether oxygens (including phenoxy) is 2. The molecule has 1 amide bonds. The Hall–Kier alpha value is -4.41. The minimum Gasteiger partial charge on any atom is -0.493 e. The summed E-state index contributed by atoms with van der Waals surface area (Å²) in [6, 6.07) is 9.13. The van der Waals surface area contributed by atoms with Crippen LogP contribution in [-0.4, -0.2) is 59.0 Å². The highest BCUT2D eigenvalue weighted by Gasteiger charge is 2.44. The molecule has 0 saturated heterocycles. The largest absolute Gasteiger partial charge is 0.493 e. The monoisotopic (exact) mass is 519 g/mol. The number of benzene rings is 2. The molecular formula is C27H30FN7O3. The number of amides is 1. The first kappa shape index (κ1) is 25.2. The molecule has 11 heteroatoms. The van der Waals surface area contributed by atoms with E-state index in [4.69, 9.17) is 20.6 Å². The summed E-state index contributed by atoms with van der Waals surface area (Å²) in [6.07, 6.45) is 3.32. The smallest absolute Gasteiger partial charge is 0.258 e. The summed E-state index contributed by atoms with van der Waals surface area (Å²) in [5.74, 6) is 0.883. The van der Waals surface area contributed by atoms with Crippen molar-refractivity contribution in [1.82, 2.24) is 14.9 Å². The van der Waals surface area contributed by atoms with E-state index in [1.165, 1.54) is 25.6 Å². The highest BCUT2D eigenvalue weighted by Crippen LogP contribution is 2.38. The number of carbonyl (C=O) groups is 1. The van der Waals surface area contributed by atoms with Crippen LogP contribution in [0.5, 0.6) is 11.5 Å². The van der Waals surface area contributed by atoms with Crippen molar-refractivity contribution in [2.75, 3.05) is 30.6 Å². The zero-order chi connectivity index (χ0) is 27.0. The van der Waals surface area contributed by atoms with Crippen molar-refractivity contribution in [1.29, 1.82) is 5.41 Å². The quantitative estimate of drug-likeness (QED) is 0.313. The summed E-state index contributed by atoms with van der Waals surface area (Å²) in [6.45, 7) is 2.00. The Morgan fingerprint density at radius 3 is 2.66 bits per heavy atom. The maximum atomic E-state index is 13.9. The SMILES string of the molecule is CCC(Nc1ncnc(N)c1C(=N)c1ccc(OC)c(OC)c1)C1Nc2ccc(F)cc2C(=O)N1C1CC1. The lowest BCUT2D eigenvalue weighted by atomic mass is 10.00. The standard InChI is InChI=1S/C27H30FN7O3/c1-4-18(26-34-19-9-6-15(28)12-17(19)27(36)35(26)16-7-8-16)33-25-22(24(30)31-13-32-25)23(29)14-5-10-20(37-2)21(11-14)38-3/h5-6,9-13,16,18,26,29,34H,4,7-8H2,1-3H3,(H3,30,31,32,33). The lowest BCUT2D eigenvalue weighted by Crippen LogP contribution is -2.57. The zero-order valence-electron chi connectivity index (χ0n) is 21.4. The number of methoxy groups -OCH3 is 2. The first-order chi connectivity index (χ1) is 18.4. The van der Waals surface area contributed by atoms with Gasteiger partial charge in [-0.3, -0.25) is 10.2 Å². The fourth-order valence-electron chi connectivity index (χ4n) is 4.82. The molecule has 0 bridgehead atoms. The second-order valence-electron chi connectivity index (χ2n) is 9.31. The third-order valence-corrected chi connectivity index (χ3v) is 6.93. The third-order valence-electron chi connectivity index (χ3n) is 6.93. The van der Waals surface area contributed by atoms with Crippen LogP contribution in [0.1, 0.15) is 47.7 Å². The van der Waals surface area contributed by atoms with E-state index in [0.29, 0.717) is 46.1 Å². The van der Waals surface area contributed by atoms with E-state index in [2.05, 4.69) is 20.6 Å². The normalized spacial score (nSPS) is 17.3. The summed E-state index contributed by atoms with van der Waals surface area (Å²) in [4.78, 5) is 23.8. The van der Waals surface area contributed by atoms with Crippen LogP contribution in [0.4, 0.5) is 21.7 Å². The predicted octanol–water partition coefficient (Wildman–Crippen LogP) is 3.88. The third kappa shape index (κ3) is 4.55. The van der Waals surface area contributed by atoms with Crippen LogP contribution in [0.3, 0.4) is 0 Å². The summed E-state index contributed by atoms with van der Waals surface area (Å²) < 4.78 is 24.7. The molecule has 10 nitrogen and oxygen atoms in total. The van der Waals surface area contributed by atoms with Gasteiger partial charge in [0.05, 0.1) is 37.1 Å². The van der Waals surface area contributed by atoms with Crippen LogP contribution in [0.2, 0.25) is 0 Å². The molecule has 1 aromatic heterocycles. The van der Waals surface area contributed by atoms with Gasteiger partial charge in [-0.1, -0.05) is 6.92 Å². The second kappa shape index (κ2) is 10.2. The van der Waals surface area contributed by atoms with Crippen LogP contribution in [0.25, 0.3) is 0 Å². The van der Waals surface area contributed by atoms with Crippen LogP contribution < -0.4 is 25.8 Å². The molecule has 2 atom stereocenters. The molecule has 0 spiro atoms. The van der Waals surface area contributed by atoms with Gasteiger partial charge in [-0.15, -0.1) is 0 Å². The van der Waals surface area contributed by atoms with Gasteiger partial charge in [0.2, 0.25) is 0 Å². The number of hydrogen-bond donors (Lipinski definition) is 4. The maximum Gasteiger partial charge on any atom is 0.258 e. The molecule has 1 aliphatic heterocycles. The Morgan fingerprint density at radius 2 is 1.97 bits per heavy atom. The zero-order valence-corrected chi connectivity index (χ0v) is 21.4. The van der Waals surface area contributed by atoms with Gasteiger partial charge in [0, 0.05) is 17.3 Å². The Kier molecular flexibility index (Phi) is 6.75. The van der Waals surface area contributed by atoms with Gasteiger partial charge in [-0.05, 0) is 55.7 Å². The van der Waals surface area contributed by atoms with Crippen molar-refractivity contribution < 1.29 is 18.7 Å². The number of anilines is 3.